The number of hydrogen-bond acceptors (Lipinski definition) is 7. The second-order valence-electron chi connectivity index (χ2n) is 13.4. The molecule has 288 valence electrons. The topological polar surface area (TPSA) is 146 Å². The van der Waals surface area contributed by atoms with Crippen LogP contribution in [0.25, 0.3) is 11.0 Å². The number of carbonyl (C=O) groups excluding carboxylic acids is 2. The summed E-state index contributed by atoms with van der Waals surface area (Å²) in [5, 5.41) is 16.6. The number of furan rings is 1. The van der Waals surface area contributed by atoms with Gasteiger partial charge in [0.1, 0.15) is 11.6 Å². The largest absolute Gasteiger partial charge is 0.480 e. The van der Waals surface area contributed by atoms with Gasteiger partial charge in [-0.1, -0.05) is 102 Å². The van der Waals surface area contributed by atoms with Crippen LogP contribution < -0.4 is 10.6 Å². The molecular weight excluding hydrogens is 773 g/mol. The summed E-state index contributed by atoms with van der Waals surface area (Å²) in [4.78, 5) is 40.1. The van der Waals surface area contributed by atoms with Gasteiger partial charge < -0.3 is 25.1 Å². The molecule has 6 aromatic rings. The molecule has 5 aromatic carbocycles. The van der Waals surface area contributed by atoms with Gasteiger partial charge in [-0.3, -0.25) is 9.59 Å². The Morgan fingerprint density at radius 1 is 0.839 bits per heavy atom. The minimum atomic E-state index is -3.50. The van der Waals surface area contributed by atoms with Crippen molar-refractivity contribution in [3.05, 3.63) is 171 Å². The molecule has 0 spiro atoms. The van der Waals surface area contributed by atoms with Gasteiger partial charge in [-0.05, 0) is 70.6 Å². The lowest BCUT2D eigenvalue weighted by Crippen LogP contribution is -2.42. The van der Waals surface area contributed by atoms with Crippen molar-refractivity contribution in [2.45, 2.75) is 43.4 Å². The van der Waals surface area contributed by atoms with Gasteiger partial charge in [-0.25, -0.2) is 13.2 Å². The monoisotopic (exact) mass is 811 g/mol. The number of nitrogens with one attached hydrogen (secondary N) is 2. The molecule has 0 saturated heterocycles. The summed E-state index contributed by atoms with van der Waals surface area (Å²) in [6.07, 6.45) is 2.81. The van der Waals surface area contributed by atoms with Gasteiger partial charge in [0.05, 0.1) is 26.8 Å². The fourth-order valence-electron chi connectivity index (χ4n) is 6.42. The zero-order chi connectivity index (χ0) is 39.8. The minimum Gasteiger partial charge on any atom is -0.480 e. The molecule has 1 aliphatic heterocycles. The van der Waals surface area contributed by atoms with Crippen LogP contribution >= 0.6 is 23.2 Å². The van der Waals surface area contributed by atoms with E-state index in [4.69, 9.17) is 27.6 Å². The number of hydrogen-bond donors (Lipinski definition) is 3. The molecule has 1 aliphatic rings. The third-order valence-electron chi connectivity index (χ3n) is 9.34. The van der Waals surface area contributed by atoms with Crippen molar-refractivity contribution in [2.75, 3.05) is 12.8 Å². The molecule has 10 nitrogen and oxygen atoms in total. The number of halogens is 2. The van der Waals surface area contributed by atoms with Crippen LogP contribution in [0.3, 0.4) is 0 Å². The average Bonchev–Trinajstić information content (AvgIpc) is 3.66. The van der Waals surface area contributed by atoms with E-state index in [2.05, 4.69) is 59.2 Å². The van der Waals surface area contributed by atoms with Crippen LogP contribution in [0.5, 0.6) is 0 Å². The van der Waals surface area contributed by atoms with Crippen LogP contribution in [0.2, 0.25) is 10.0 Å². The Morgan fingerprint density at radius 3 is 2.14 bits per heavy atom. The van der Waals surface area contributed by atoms with E-state index in [-0.39, 0.29) is 39.4 Å². The first kappa shape index (κ1) is 40.2. The lowest BCUT2D eigenvalue weighted by atomic mass is 9.95. The molecule has 2 amide bonds. The molecule has 56 heavy (non-hydrogen) atoms. The third kappa shape index (κ3) is 10.0. The summed E-state index contributed by atoms with van der Waals surface area (Å²) >= 11 is 13.1. The molecule has 0 bridgehead atoms. The number of nitrogens with zero attached hydrogens (tertiary/aromatic N) is 1. The predicted octanol–water partition coefficient (Wildman–Crippen LogP) is 7.74. The first-order valence-electron chi connectivity index (χ1n) is 17.7. The number of sulfone groups is 1. The summed E-state index contributed by atoms with van der Waals surface area (Å²) in [7, 11) is -3.50. The second-order valence-corrected chi connectivity index (χ2v) is 16.2. The molecule has 1 aromatic heterocycles. The highest BCUT2D eigenvalue weighted by Crippen LogP contribution is 2.35. The van der Waals surface area contributed by atoms with E-state index in [1.54, 1.807) is 35.4 Å². The number of amides is 2. The van der Waals surface area contributed by atoms with Gasteiger partial charge in [0.25, 0.3) is 11.8 Å². The molecule has 0 saturated carbocycles. The average molecular weight is 813 g/mol. The summed E-state index contributed by atoms with van der Waals surface area (Å²) in [5.74, 6) is -2.28. The highest BCUT2D eigenvalue weighted by Gasteiger charge is 2.30. The number of fused-ring (bicyclic) bond motifs is 2. The maximum Gasteiger partial charge on any atom is 0.326 e. The van der Waals surface area contributed by atoms with Crippen LogP contribution in [0.15, 0.2) is 131 Å². The second kappa shape index (κ2) is 18.0. The van der Waals surface area contributed by atoms with Gasteiger partial charge in [0.2, 0.25) is 0 Å². The fourth-order valence-corrected chi connectivity index (χ4v) is 7.87. The smallest absolute Gasteiger partial charge is 0.326 e. The van der Waals surface area contributed by atoms with Crippen LogP contribution in [0, 0.1) is 0 Å². The van der Waals surface area contributed by atoms with Crippen molar-refractivity contribution < 1.29 is 32.3 Å². The highest BCUT2D eigenvalue weighted by molar-refractivity contribution is 7.90. The molecule has 3 N–H and O–H groups in total. The van der Waals surface area contributed by atoms with Crippen LogP contribution in [-0.2, 0) is 47.1 Å². The van der Waals surface area contributed by atoms with E-state index in [0.717, 1.165) is 24.7 Å². The third-order valence-corrected chi connectivity index (χ3v) is 11.2. The molecular formula is C43H39Cl2N3O7S. The molecule has 0 radical (unpaired) electrons. The maximum atomic E-state index is 13.2. The quantitative estimate of drug-likeness (QED) is 0.121. The Morgan fingerprint density at radius 2 is 1.50 bits per heavy atom. The Balaban J connectivity index is 0.000000295. The first-order chi connectivity index (χ1) is 26.9. The number of carboxylic acid groups (broad SMARTS) is 1. The van der Waals surface area contributed by atoms with Crippen LogP contribution in [0.1, 0.15) is 48.5 Å². The molecule has 0 unspecified atom stereocenters. The molecule has 1 atom stereocenters. The number of rotatable bonds is 11. The molecule has 0 fully saturated rings. The van der Waals surface area contributed by atoms with Crippen molar-refractivity contribution in [1.82, 2.24) is 15.5 Å². The Labute approximate surface area is 335 Å². The fraction of sp³-hybridized carbons (Fsp3) is 0.186. The molecule has 2 heterocycles. The summed E-state index contributed by atoms with van der Waals surface area (Å²) in [6.45, 7) is 2.42. The van der Waals surface area contributed by atoms with E-state index in [9.17, 15) is 27.9 Å². The zero-order valence-corrected chi connectivity index (χ0v) is 32.7. The summed E-state index contributed by atoms with van der Waals surface area (Å²) in [6, 6.07) is 34.0. The van der Waals surface area contributed by atoms with Crippen molar-refractivity contribution in [3.8, 4) is 0 Å². The van der Waals surface area contributed by atoms with Crippen molar-refractivity contribution in [1.29, 1.82) is 0 Å². The molecule has 7 rings (SSSR count). The van der Waals surface area contributed by atoms with Gasteiger partial charge >= 0.3 is 5.97 Å². The normalized spacial score (nSPS) is 12.9. The van der Waals surface area contributed by atoms with Crippen LogP contribution in [-0.4, -0.2) is 55.1 Å². The van der Waals surface area contributed by atoms with Crippen molar-refractivity contribution in [2.24, 2.45) is 0 Å². The SMILES string of the molecule is CS(=O)(=O)c1cccc(C[C@H](NC(=O)c2c(Cl)cc3c(c2Cl)CCN(C(=O)c2ccc4ccoc4c2)C3)C(=O)O)c1.c1ccc(CNCc2ccccc2)cc1. The van der Waals surface area contributed by atoms with Gasteiger partial charge in [-0.15, -0.1) is 0 Å². The number of benzene rings is 5. The molecule has 0 aliphatic carbocycles. The predicted molar refractivity (Wildman–Crippen MR) is 217 cm³/mol. The number of carbonyl (C=O) groups is 3. The molecule has 13 heteroatoms. The Bertz CT molecular complexity index is 2430. The van der Waals surface area contributed by atoms with E-state index in [0.29, 0.717) is 40.8 Å². The minimum absolute atomic E-state index is 0.0146. The standard InChI is InChI=1S/C29H24Cl2N2O7S.C14H15N/c1-41(38,39)20-4-2-3-16(11-20)12-23(29(36)37)32-27(34)25-22(30)13-19-15-33(9-7-21(19)26(25)31)28(35)18-6-5-17-8-10-40-24(17)14-18;1-3-7-13(8-4-1)11-15-12-14-9-5-2-6-10-14/h2-6,8,10-11,13-14,23H,7,9,12,15H2,1H3,(H,32,34)(H,36,37);1-10,15H,11-12H2/t23-;/m0./s1. The van der Waals surface area contributed by atoms with Gasteiger partial charge in [-0.2, -0.15) is 0 Å². The number of aliphatic carboxylic acids is 1. The maximum absolute atomic E-state index is 13.2. The van der Waals surface area contributed by atoms with Gasteiger partial charge in [0.15, 0.2) is 9.84 Å². The lowest BCUT2D eigenvalue weighted by molar-refractivity contribution is -0.139. The van der Waals surface area contributed by atoms with Crippen LogP contribution in [0.4, 0.5) is 0 Å². The van der Waals surface area contributed by atoms with Crippen molar-refractivity contribution in [3.63, 3.8) is 0 Å². The lowest BCUT2D eigenvalue weighted by Gasteiger charge is -2.30. The van der Waals surface area contributed by atoms with E-state index in [1.165, 1.54) is 29.3 Å². The summed E-state index contributed by atoms with van der Waals surface area (Å²) < 4.78 is 29.2. The van der Waals surface area contributed by atoms with E-state index in [1.807, 2.05) is 24.3 Å². The summed E-state index contributed by atoms with van der Waals surface area (Å²) in [5.41, 5.74) is 5.43. The first-order valence-corrected chi connectivity index (χ1v) is 20.4. The Kier molecular flexibility index (Phi) is 12.9. The van der Waals surface area contributed by atoms with Crippen molar-refractivity contribution >= 4 is 61.8 Å². The van der Waals surface area contributed by atoms with E-state index < -0.39 is 27.8 Å². The zero-order valence-electron chi connectivity index (χ0n) is 30.4. The Hall–Kier alpha value is -5.46. The van der Waals surface area contributed by atoms with Gasteiger partial charge in [0, 0.05) is 49.8 Å². The van der Waals surface area contributed by atoms with E-state index >= 15 is 0 Å². The number of carboxylic acids is 1. The highest BCUT2D eigenvalue weighted by atomic mass is 35.5.